The number of rotatable bonds is 6. The first-order chi connectivity index (χ1) is 13.9. The number of fused-ring (bicyclic) bond motifs is 1. The summed E-state index contributed by atoms with van der Waals surface area (Å²) in [6, 6.07) is 6.46. The molecule has 0 spiro atoms. The summed E-state index contributed by atoms with van der Waals surface area (Å²) in [4.78, 5) is 36.6. The van der Waals surface area contributed by atoms with Gasteiger partial charge in [-0.25, -0.2) is 4.79 Å². The number of halogens is 3. The van der Waals surface area contributed by atoms with Gasteiger partial charge in [-0.15, -0.1) is 0 Å². The number of nitrogens with zero attached hydrogens (tertiary/aromatic N) is 1. The lowest BCUT2D eigenvalue weighted by Crippen LogP contribution is -2.75. The Balaban J connectivity index is 1.76. The van der Waals surface area contributed by atoms with Gasteiger partial charge in [0, 0.05) is 6.54 Å². The fourth-order valence-corrected chi connectivity index (χ4v) is 3.46. The standard InChI is InChI=1S/C16H14F3N3O7S/c17-16(18,19)30(27,28)29-13-12(15(25)26)22-9(7-20-13)11(14(22)24)21-10(23)6-8-4-2-1-3-5-8/h1-5,9,11,20H,6-7H2,(H,21,23)(H,25,26)/t9-,11?/m1/s1. The van der Waals surface area contributed by atoms with E-state index in [1.165, 1.54) is 0 Å². The molecule has 0 saturated carbocycles. The molecule has 1 saturated heterocycles. The van der Waals surface area contributed by atoms with Crippen LogP contribution in [-0.4, -0.2) is 60.3 Å². The number of carbonyl (C=O) groups excluding carboxylic acids is 2. The molecule has 1 aromatic rings. The van der Waals surface area contributed by atoms with E-state index in [9.17, 15) is 41.1 Å². The van der Waals surface area contributed by atoms with Crippen LogP contribution in [0, 0.1) is 0 Å². The molecule has 2 aliphatic heterocycles. The van der Waals surface area contributed by atoms with Crippen LogP contribution in [0.2, 0.25) is 0 Å². The third-order valence-corrected chi connectivity index (χ3v) is 5.30. The Labute approximate surface area is 167 Å². The Morgan fingerprint density at radius 3 is 2.47 bits per heavy atom. The molecule has 0 radical (unpaired) electrons. The lowest BCUT2D eigenvalue weighted by Gasteiger charge is -2.49. The van der Waals surface area contributed by atoms with E-state index in [4.69, 9.17) is 0 Å². The number of carboxylic acids is 1. The Hall–Kier alpha value is -3.29. The van der Waals surface area contributed by atoms with Crippen LogP contribution in [0.3, 0.4) is 0 Å². The average molecular weight is 449 g/mol. The minimum atomic E-state index is -6.16. The second kappa shape index (κ2) is 7.51. The van der Waals surface area contributed by atoms with Gasteiger partial charge in [-0.2, -0.15) is 21.6 Å². The Bertz CT molecular complexity index is 1020. The van der Waals surface area contributed by atoms with Crippen molar-refractivity contribution in [3.05, 3.63) is 47.5 Å². The summed E-state index contributed by atoms with van der Waals surface area (Å²) in [5.41, 5.74) is -6.23. The van der Waals surface area contributed by atoms with Crippen LogP contribution in [0.5, 0.6) is 0 Å². The molecule has 10 nitrogen and oxygen atoms in total. The van der Waals surface area contributed by atoms with Crippen molar-refractivity contribution in [3.63, 3.8) is 0 Å². The molecular formula is C16H14F3N3O7S. The molecule has 162 valence electrons. The minimum absolute atomic E-state index is 0.0510. The fourth-order valence-electron chi connectivity index (χ4n) is 3.01. The van der Waals surface area contributed by atoms with Crippen molar-refractivity contribution in [2.45, 2.75) is 24.0 Å². The van der Waals surface area contributed by atoms with Crippen LogP contribution in [0.4, 0.5) is 13.2 Å². The molecule has 30 heavy (non-hydrogen) atoms. The number of benzene rings is 1. The molecule has 2 atom stereocenters. The van der Waals surface area contributed by atoms with Crippen LogP contribution in [0.1, 0.15) is 5.56 Å². The molecule has 2 aliphatic rings. The highest BCUT2D eigenvalue weighted by Gasteiger charge is 2.56. The van der Waals surface area contributed by atoms with Crippen LogP contribution in [-0.2, 0) is 35.1 Å². The average Bonchev–Trinajstić information content (AvgIpc) is 2.65. The van der Waals surface area contributed by atoms with Crippen molar-refractivity contribution in [1.29, 1.82) is 0 Å². The van der Waals surface area contributed by atoms with Gasteiger partial charge in [0.2, 0.25) is 11.8 Å². The molecule has 0 bridgehead atoms. The Morgan fingerprint density at radius 1 is 1.27 bits per heavy atom. The summed E-state index contributed by atoms with van der Waals surface area (Å²) in [5, 5.41) is 13.8. The molecule has 14 heteroatoms. The van der Waals surface area contributed by atoms with E-state index in [1.54, 1.807) is 30.3 Å². The predicted molar refractivity (Wildman–Crippen MR) is 91.4 cm³/mol. The fraction of sp³-hybridized carbons (Fsp3) is 0.312. The van der Waals surface area contributed by atoms with Gasteiger partial charge in [0.15, 0.2) is 5.70 Å². The number of carboxylic acid groups (broad SMARTS) is 1. The topological polar surface area (TPSA) is 142 Å². The number of nitrogens with one attached hydrogen (secondary N) is 2. The summed E-state index contributed by atoms with van der Waals surface area (Å²) >= 11 is 0. The first-order valence-electron chi connectivity index (χ1n) is 8.31. The van der Waals surface area contributed by atoms with E-state index in [1.807, 2.05) is 0 Å². The second-order valence-electron chi connectivity index (χ2n) is 6.33. The van der Waals surface area contributed by atoms with Gasteiger partial charge in [-0.1, -0.05) is 30.3 Å². The summed E-state index contributed by atoms with van der Waals surface area (Å²) in [6.07, 6.45) is -0.0510. The number of carbonyl (C=O) groups is 3. The van der Waals surface area contributed by atoms with Crippen LogP contribution in [0.15, 0.2) is 41.9 Å². The molecule has 0 aromatic heterocycles. The summed E-state index contributed by atoms with van der Waals surface area (Å²) < 4.78 is 63.8. The monoisotopic (exact) mass is 449 g/mol. The summed E-state index contributed by atoms with van der Waals surface area (Å²) in [6.45, 7) is -0.346. The van der Waals surface area contributed by atoms with Crippen molar-refractivity contribution < 1.29 is 45.3 Å². The molecule has 0 aliphatic carbocycles. The zero-order chi connectivity index (χ0) is 22.3. The number of amides is 2. The zero-order valence-corrected chi connectivity index (χ0v) is 15.7. The van der Waals surface area contributed by atoms with Crippen molar-refractivity contribution in [2.24, 2.45) is 0 Å². The number of hydrogen-bond acceptors (Lipinski definition) is 7. The maximum Gasteiger partial charge on any atom is 0.534 e. The largest absolute Gasteiger partial charge is 0.534 e. The maximum absolute atomic E-state index is 12.5. The smallest absolute Gasteiger partial charge is 0.476 e. The van der Waals surface area contributed by atoms with Gasteiger partial charge < -0.3 is 19.9 Å². The van der Waals surface area contributed by atoms with Crippen molar-refractivity contribution in [3.8, 4) is 0 Å². The molecule has 1 fully saturated rings. The zero-order valence-electron chi connectivity index (χ0n) is 14.8. The van der Waals surface area contributed by atoms with E-state index < -0.39 is 57.1 Å². The number of alkyl halides is 3. The van der Waals surface area contributed by atoms with Gasteiger partial charge >= 0.3 is 21.6 Å². The lowest BCUT2D eigenvalue weighted by molar-refractivity contribution is -0.156. The van der Waals surface area contributed by atoms with Crippen molar-refractivity contribution >= 4 is 27.9 Å². The van der Waals surface area contributed by atoms with E-state index in [0.717, 1.165) is 0 Å². The SMILES string of the molecule is O=C(Cc1ccccc1)NC1C(=O)N2C(C(=O)O)=C(OS(=O)(=O)C(F)(F)F)NC[C@H]12. The van der Waals surface area contributed by atoms with Gasteiger partial charge in [0.25, 0.3) is 5.91 Å². The van der Waals surface area contributed by atoms with E-state index >= 15 is 0 Å². The first-order valence-corrected chi connectivity index (χ1v) is 9.72. The van der Waals surface area contributed by atoms with Crippen LogP contribution >= 0.6 is 0 Å². The highest BCUT2D eigenvalue weighted by atomic mass is 32.2. The van der Waals surface area contributed by atoms with E-state index in [-0.39, 0.29) is 13.0 Å². The van der Waals surface area contributed by atoms with E-state index in [0.29, 0.717) is 10.5 Å². The number of β-lactam (4-membered cyclic amide) rings is 1. The molecular weight excluding hydrogens is 435 g/mol. The molecule has 3 rings (SSSR count). The summed E-state index contributed by atoms with van der Waals surface area (Å²) in [5.74, 6) is -4.58. The maximum atomic E-state index is 12.5. The highest BCUT2D eigenvalue weighted by Crippen LogP contribution is 2.33. The molecule has 1 aromatic carbocycles. The molecule has 3 N–H and O–H groups in total. The first kappa shape index (κ1) is 21.4. The van der Waals surface area contributed by atoms with Gasteiger partial charge in [0.05, 0.1) is 12.5 Å². The Kier molecular flexibility index (Phi) is 5.36. The van der Waals surface area contributed by atoms with Crippen LogP contribution < -0.4 is 10.6 Å². The Morgan fingerprint density at radius 2 is 1.90 bits per heavy atom. The lowest BCUT2D eigenvalue weighted by atomic mass is 9.91. The van der Waals surface area contributed by atoms with Gasteiger partial charge in [-0.05, 0) is 5.56 Å². The third-order valence-electron chi connectivity index (χ3n) is 4.35. The van der Waals surface area contributed by atoms with E-state index in [2.05, 4.69) is 14.8 Å². The molecule has 2 amide bonds. The predicted octanol–water partition coefficient (Wildman–Crippen LogP) is -0.352. The second-order valence-corrected chi connectivity index (χ2v) is 7.87. The van der Waals surface area contributed by atoms with Crippen molar-refractivity contribution in [2.75, 3.05) is 6.54 Å². The molecule has 1 unspecified atom stereocenters. The number of aliphatic carboxylic acids is 1. The third kappa shape index (κ3) is 3.90. The van der Waals surface area contributed by atoms with Crippen molar-refractivity contribution in [1.82, 2.24) is 15.5 Å². The van der Waals surface area contributed by atoms with Gasteiger partial charge in [0.1, 0.15) is 6.04 Å². The summed E-state index contributed by atoms with van der Waals surface area (Å²) in [7, 11) is -6.16. The van der Waals surface area contributed by atoms with Gasteiger partial charge in [-0.3, -0.25) is 14.5 Å². The normalized spacial score (nSPS) is 21.3. The number of hydrogen-bond donors (Lipinski definition) is 3. The van der Waals surface area contributed by atoms with Crippen LogP contribution in [0.25, 0.3) is 0 Å². The molecule has 2 heterocycles. The highest BCUT2D eigenvalue weighted by molar-refractivity contribution is 7.87. The quantitative estimate of drug-likeness (QED) is 0.304. The minimum Gasteiger partial charge on any atom is -0.476 e.